The van der Waals surface area contributed by atoms with Crippen molar-refractivity contribution >= 4 is 5.82 Å². The van der Waals surface area contributed by atoms with Gasteiger partial charge in [-0.3, -0.25) is 0 Å². The largest absolute Gasteiger partial charge is 0.369 e. The molecule has 3 heteroatoms. The molecule has 2 aromatic rings. The molecular weight excluding hydrogens is 234 g/mol. The Labute approximate surface area is 114 Å². The summed E-state index contributed by atoms with van der Waals surface area (Å²) < 4.78 is 2.09. The quantitative estimate of drug-likeness (QED) is 0.911. The van der Waals surface area contributed by atoms with Crippen molar-refractivity contribution in [2.75, 3.05) is 11.9 Å². The molecule has 0 amide bonds. The summed E-state index contributed by atoms with van der Waals surface area (Å²) in [4.78, 5) is 0. The summed E-state index contributed by atoms with van der Waals surface area (Å²) in [6.07, 6.45) is 2.16. The second-order valence-corrected chi connectivity index (χ2v) is 5.75. The van der Waals surface area contributed by atoms with Crippen molar-refractivity contribution in [3.8, 4) is 5.69 Å². The van der Waals surface area contributed by atoms with Gasteiger partial charge in [0.15, 0.2) is 0 Å². The molecule has 0 unspecified atom stereocenters. The second kappa shape index (κ2) is 4.72. The molecule has 3 nitrogen and oxygen atoms in total. The van der Waals surface area contributed by atoms with E-state index in [0.29, 0.717) is 5.92 Å². The molecule has 0 saturated heterocycles. The molecule has 100 valence electrons. The number of fused-ring (bicyclic) bond motifs is 1. The number of para-hydroxylation sites is 1. The molecule has 1 aromatic carbocycles. The third kappa shape index (κ3) is 2.14. The summed E-state index contributed by atoms with van der Waals surface area (Å²) in [7, 11) is 0. The first-order valence-electron chi connectivity index (χ1n) is 7.07. The molecule has 1 aromatic heterocycles. The third-order valence-corrected chi connectivity index (χ3v) is 3.68. The van der Waals surface area contributed by atoms with Gasteiger partial charge < -0.3 is 5.32 Å². The number of rotatable bonds is 3. The van der Waals surface area contributed by atoms with Crippen LogP contribution in [-0.2, 0) is 12.8 Å². The molecule has 0 spiro atoms. The van der Waals surface area contributed by atoms with Crippen LogP contribution in [0.25, 0.3) is 5.69 Å². The van der Waals surface area contributed by atoms with Crippen LogP contribution in [0.2, 0.25) is 0 Å². The minimum absolute atomic E-state index is 0.643. The molecule has 2 heterocycles. The van der Waals surface area contributed by atoms with E-state index in [-0.39, 0.29) is 0 Å². The van der Waals surface area contributed by atoms with Gasteiger partial charge in [-0.1, -0.05) is 32.0 Å². The van der Waals surface area contributed by atoms with Gasteiger partial charge in [0.05, 0.1) is 11.4 Å². The van der Waals surface area contributed by atoms with E-state index >= 15 is 0 Å². The van der Waals surface area contributed by atoms with Crippen molar-refractivity contribution in [3.63, 3.8) is 0 Å². The zero-order valence-corrected chi connectivity index (χ0v) is 11.9. The van der Waals surface area contributed by atoms with E-state index < -0.39 is 0 Å². The highest BCUT2D eigenvalue weighted by atomic mass is 15.3. The van der Waals surface area contributed by atoms with Crippen LogP contribution in [0.15, 0.2) is 24.3 Å². The summed E-state index contributed by atoms with van der Waals surface area (Å²) in [6.45, 7) is 7.67. The first-order chi connectivity index (χ1) is 9.16. The van der Waals surface area contributed by atoms with Gasteiger partial charge in [-0.25, -0.2) is 4.68 Å². The molecule has 0 radical (unpaired) electrons. The third-order valence-electron chi connectivity index (χ3n) is 3.68. The van der Waals surface area contributed by atoms with Crippen LogP contribution in [0.3, 0.4) is 0 Å². The lowest BCUT2D eigenvalue weighted by atomic mass is 10.0. The van der Waals surface area contributed by atoms with Crippen molar-refractivity contribution in [1.82, 2.24) is 9.78 Å². The van der Waals surface area contributed by atoms with Gasteiger partial charge >= 0.3 is 0 Å². The fourth-order valence-corrected chi connectivity index (χ4v) is 2.77. The van der Waals surface area contributed by atoms with Gasteiger partial charge in [0.1, 0.15) is 5.82 Å². The van der Waals surface area contributed by atoms with E-state index in [2.05, 4.69) is 55.0 Å². The molecular formula is C16H21N3. The number of benzene rings is 1. The molecule has 0 aliphatic carbocycles. The Morgan fingerprint density at radius 2 is 2.11 bits per heavy atom. The topological polar surface area (TPSA) is 29.9 Å². The van der Waals surface area contributed by atoms with Gasteiger partial charge in [0.2, 0.25) is 0 Å². The molecule has 0 fully saturated rings. The fraction of sp³-hybridized carbons (Fsp3) is 0.438. The summed E-state index contributed by atoms with van der Waals surface area (Å²) in [5.74, 6) is 1.84. The van der Waals surface area contributed by atoms with Crippen molar-refractivity contribution in [1.29, 1.82) is 0 Å². The highest BCUT2D eigenvalue weighted by Gasteiger charge is 2.23. The van der Waals surface area contributed by atoms with E-state index in [1.165, 1.54) is 28.3 Å². The number of hydrogen-bond acceptors (Lipinski definition) is 2. The molecule has 19 heavy (non-hydrogen) atoms. The van der Waals surface area contributed by atoms with Crippen LogP contribution in [-0.4, -0.2) is 16.3 Å². The highest BCUT2D eigenvalue weighted by Crippen LogP contribution is 2.30. The van der Waals surface area contributed by atoms with Crippen LogP contribution in [0.5, 0.6) is 0 Å². The number of aryl methyl sites for hydroxylation is 1. The normalized spacial score (nSPS) is 13.7. The molecule has 1 N–H and O–H groups in total. The van der Waals surface area contributed by atoms with Crippen LogP contribution in [0, 0.1) is 12.8 Å². The van der Waals surface area contributed by atoms with Crippen molar-refractivity contribution in [3.05, 3.63) is 41.1 Å². The number of anilines is 1. The molecule has 0 atom stereocenters. The lowest BCUT2D eigenvalue weighted by Crippen LogP contribution is -2.07. The summed E-state index contributed by atoms with van der Waals surface area (Å²) in [6, 6.07) is 8.43. The first-order valence-corrected chi connectivity index (χ1v) is 7.07. The smallest absolute Gasteiger partial charge is 0.133 e. The Hall–Kier alpha value is -1.77. The Kier molecular flexibility index (Phi) is 3.05. The number of nitrogens with zero attached hydrogens (tertiary/aromatic N) is 2. The van der Waals surface area contributed by atoms with Crippen molar-refractivity contribution < 1.29 is 0 Å². The molecule has 1 aliphatic rings. The maximum absolute atomic E-state index is 4.86. The first kappa shape index (κ1) is 12.3. The van der Waals surface area contributed by atoms with Crippen LogP contribution >= 0.6 is 0 Å². The van der Waals surface area contributed by atoms with Gasteiger partial charge in [0.25, 0.3) is 0 Å². The standard InChI is InChI=1S/C16H21N3/c1-11(2)10-14-13-8-9-17-16(13)19(18-14)15-7-5-4-6-12(15)3/h4-7,11,17H,8-10H2,1-3H3. The van der Waals surface area contributed by atoms with Gasteiger partial charge in [0, 0.05) is 12.1 Å². The van der Waals surface area contributed by atoms with Crippen LogP contribution < -0.4 is 5.32 Å². The lowest BCUT2D eigenvalue weighted by Gasteiger charge is -2.09. The van der Waals surface area contributed by atoms with E-state index in [9.17, 15) is 0 Å². The summed E-state index contributed by atoms with van der Waals surface area (Å²) in [5, 5.41) is 8.35. The van der Waals surface area contributed by atoms with Crippen LogP contribution in [0.4, 0.5) is 5.82 Å². The highest BCUT2D eigenvalue weighted by molar-refractivity contribution is 5.58. The van der Waals surface area contributed by atoms with Crippen LogP contribution in [0.1, 0.15) is 30.7 Å². The van der Waals surface area contributed by atoms with E-state index in [1.54, 1.807) is 0 Å². The minimum Gasteiger partial charge on any atom is -0.369 e. The monoisotopic (exact) mass is 255 g/mol. The number of nitrogens with one attached hydrogen (secondary N) is 1. The summed E-state index contributed by atoms with van der Waals surface area (Å²) in [5.41, 5.74) is 5.12. The SMILES string of the molecule is Cc1ccccc1-n1nc(CC(C)C)c2c1NCC2. The Morgan fingerprint density at radius 1 is 1.32 bits per heavy atom. The summed E-state index contributed by atoms with van der Waals surface area (Å²) >= 11 is 0. The molecule has 0 bridgehead atoms. The molecule has 0 saturated carbocycles. The number of aromatic nitrogens is 2. The maximum Gasteiger partial charge on any atom is 0.133 e. The maximum atomic E-state index is 4.86. The van der Waals surface area contributed by atoms with Gasteiger partial charge in [-0.05, 0) is 37.3 Å². The Morgan fingerprint density at radius 3 is 2.84 bits per heavy atom. The van der Waals surface area contributed by atoms with Gasteiger partial charge in [-0.2, -0.15) is 5.10 Å². The van der Waals surface area contributed by atoms with Crippen molar-refractivity contribution in [2.45, 2.75) is 33.6 Å². The van der Waals surface area contributed by atoms with E-state index in [0.717, 1.165) is 19.4 Å². The second-order valence-electron chi connectivity index (χ2n) is 5.75. The Bertz CT molecular complexity index is 596. The molecule has 1 aliphatic heterocycles. The van der Waals surface area contributed by atoms with E-state index in [1.807, 2.05) is 0 Å². The molecule has 3 rings (SSSR count). The Balaban J connectivity index is 2.10. The van der Waals surface area contributed by atoms with Gasteiger partial charge in [-0.15, -0.1) is 0 Å². The lowest BCUT2D eigenvalue weighted by molar-refractivity contribution is 0.624. The average molecular weight is 255 g/mol. The predicted octanol–water partition coefficient (Wildman–Crippen LogP) is 3.35. The zero-order valence-electron chi connectivity index (χ0n) is 11.9. The number of hydrogen-bond donors (Lipinski definition) is 1. The van der Waals surface area contributed by atoms with Crippen molar-refractivity contribution in [2.24, 2.45) is 5.92 Å². The van der Waals surface area contributed by atoms with E-state index in [4.69, 9.17) is 5.10 Å². The minimum atomic E-state index is 0.643. The predicted molar refractivity (Wildman–Crippen MR) is 79.0 cm³/mol. The zero-order chi connectivity index (χ0) is 13.4. The average Bonchev–Trinajstić information content (AvgIpc) is 2.93. The fourth-order valence-electron chi connectivity index (χ4n) is 2.77.